The van der Waals surface area contributed by atoms with Gasteiger partial charge in [0.05, 0.1) is 0 Å². The van der Waals surface area contributed by atoms with E-state index in [-0.39, 0.29) is 11.8 Å². The number of rotatable bonds is 5. The highest BCUT2D eigenvalue weighted by atomic mass is 16.1. The fraction of sp³-hybridized carbons (Fsp3) is 0.476. The molecular formula is C21H27N5O. The SMILES string of the molecule is Cc1cc(N2CCCCC2)nc(Nc2ccc(NC(=O)C3CCC3)cc2)n1. The fourth-order valence-electron chi connectivity index (χ4n) is 3.57. The molecule has 2 heterocycles. The normalized spacial score (nSPS) is 17.3. The lowest BCUT2D eigenvalue weighted by Gasteiger charge is -2.28. The molecular weight excluding hydrogens is 338 g/mol. The Morgan fingerprint density at radius 2 is 1.70 bits per heavy atom. The molecule has 1 aromatic heterocycles. The van der Waals surface area contributed by atoms with Crippen LogP contribution in [0, 0.1) is 12.8 Å². The van der Waals surface area contributed by atoms with Crippen molar-refractivity contribution in [2.45, 2.75) is 45.4 Å². The third kappa shape index (κ3) is 4.38. The second-order valence-electron chi connectivity index (χ2n) is 7.56. The van der Waals surface area contributed by atoms with Crippen molar-refractivity contribution in [3.8, 4) is 0 Å². The molecule has 2 aromatic rings. The van der Waals surface area contributed by atoms with Gasteiger partial charge < -0.3 is 15.5 Å². The standard InChI is InChI=1S/C21H27N5O/c1-15-14-19(26-12-3-2-4-13-26)25-21(22-15)24-18-10-8-17(9-11-18)23-20(27)16-6-5-7-16/h8-11,14,16H,2-7,12-13H2,1H3,(H,23,27)(H,22,24,25). The van der Waals surface area contributed by atoms with E-state index in [1.165, 1.54) is 19.3 Å². The number of carbonyl (C=O) groups is 1. The highest BCUT2D eigenvalue weighted by Gasteiger charge is 2.25. The number of anilines is 4. The Morgan fingerprint density at radius 3 is 2.37 bits per heavy atom. The Labute approximate surface area is 160 Å². The van der Waals surface area contributed by atoms with Gasteiger partial charge in [-0.3, -0.25) is 4.79 Å². The average Bonchev–Trinajstić information content (AvgIpc) is 2.62. The van der Waals surface area contributed by atoms with Crippen molar-refractivity contribution in [1.82, 2.24) is 9.97 Å². The summed E-state index contributed by atoms with van der Waals surface area (Å²) in [4.78, 5) is 23.6. The summed E-state index contributed by atoms with van der Waals surface area (Å²) in [5.41, 5.74) is 2.70. The molecule has 6 heteroatoms. The van der Waals surface area contributed by atoms with E-state index in [4.69, 9.17) is 4.98 Å². The molecule has 4 rings (SSSR count). The number of hydrogen-bond donors (Lipinski definition) is 2. The molecule has 0 unspecified atom stereocenters. The van der Waals surface area contributed by atoms with Gasteiger partial charge in [0.15, 0.2) is 0 Å². The monoisotopic (exact) mass is 365 g/mol. The first-order valence-electron chi connectivity index (χ1n) is 9.96. The van der Waals surface area contributed by atoms with Crippen LogP contribution in [0.4, 0.5) is 23.1 Å². The van der Waals surface area contributed by atoms with Crippen molar-refractivity contribution in [2.24, 2.45) is 5.92 Å². The van der Waals surface area contributed by atoms with Crippen molar-refractivity contribution in [3.63, 3.8) is 0 Å². The minimum Gasteiger partial charge on any atom is -0.356 e. The van der Waals surface area contributed by atoms with Crippen molar-refractivity contribution < 1.29 is 4.79 Å². The Bertz CT molecular complexity index is 795. The zero-order valence-corrected chi connectivity index (χ0v) is 15.9. The van der Waals surface area contributed by atoms with E-state index in [9.17, 15) is 4.79 Å². The number of nitrogens with zero attached hydrogens (tertiary/aromatic N) is 3. The van der Waals surface area contributed by atoms with E-state index in [0.717, 1.165) is 55.2 Å². The van der Waals surface area contributed by atoms with Gasteiger partial charge in [-0.1, -0.05) is 6.42 Å². The summed E-state index contributed by atoms with van der Waals surface area (Å²) < 4.78 is 0. The lowest BCUT2D eigenvalue weighted by Crippen LogP contribution is -2.30. The molecule has 0 atom stereocenters. The number of piperidine rings is 1. The molecule has 2 aliphatic rings. The molecule has 1 aromatic carbocycles. The van der Waals surface area contributed by atoms with E-state index in [1.807, 2.05) is 31.2 Å². The molecule has 2 N–H and O–H groups in total. The van der Waals surface area contributed by atoms with Gasteiger partial charge in [-0.2, -0.15) is 4.98 Å². The van der Waals surface area contributed by atoms with Crippen molar-refractivity contribution in [2.75, 3.05) is 28.6 Å². The number of hydrogen-bond acceptors (Lipinski definition) is 5. The lowest BCUT2D eigenvalue weighted by molar-refractivity contribution is -0.122. The van der Waals surface area contributed by atoms with Crippen LogP contribution in [0.15, 0.2) is 30.3 Å². The summed E-state index contributed by atoms with van der Waals surface area (Å²) in [6.07, 6.45) is 6.93. The van der Waals surface area contributed by atoms with Gasteiger partial charge in [-0.15, -0.1) is 0 Å². The predicted octanol–water partition coefficient (Wildman–Crippen LogP) is 4.26. The van der Waals surface area contributed by atoms with Crippen molar-refractivity contribution in [3.05, 3.63) is 36.0 Å². The highest BCUT2D eigenvalue weighted by molar-refractivity contribution is 5.93. The maximum atomic E-state index is 12.0. The molecule has 27 heavy (non-hydrogen) atoms. The van der Waals surface area contributed by atoms with Crippen LogP contribution in [0.3, 0.4) is 0 Å². The van der Waals surface area contributed by atoms with Gasteiger partial charge in [0.2, 0.25) is 11.9 Å². The summed E-state index contributed by atoms with van der Waals surface area (Å²) in [6, 6.07) is 9.78. The summed E-state index contributed by atoms with van der Waals surface area (Å²) in [6.45, 7) is 4.12. The highest BCUT2D eigenvalue weighted by Crippen LogP contribution is 2.28. The second kappa shape index (κ2) is 7.94. The Morgan fingerprint density at radius 1 is 1.00 bits per heavy atom. The molecule has 1 aliphatic carbocycles. The van der Waals surface area contributed by atoms with E-state index < -0.39 is 0 Å². The number of benzene rings is 1. The molecule has 1 aliphatic heterocycles. The molecule has 1 saturated heterocycles. The average molecular weight is 365 g/mol. The minimum atomic E-state index is 0.134. The summed E-state index contributed by atoms with van der Waals surface area (Å²) in [7, 11) is 0. The molecule has 142 valence electrons. The van der Waals surface area contributed by atoms with E-state index in [1.54, 1.807) is 0 Å². The third-order valence-electron chi connectivity index (χ3n) is 5.41. The van der Waals surface area contributed by atoms with Crippen LogP contribution in [-0.4, -0.2) is 29.0 Å². The zero-order valence-electron chi connectivity index (χ0n) is 15.9. The fourth-order valence-corrected chi connectivity index (χ4v) is 3.57. The molecule has 2 fully saturated rings. The number of aromatic nitrogens is 2. The van der Waals surface area contributed by atoms with Gasteiger partial charge in [0.1, 0.15) is 5.82 Å². The number of aryl methyl sites for hydroxylation is 1. The van der Waals surface area contributed by atoms with Crippen LogP contribution in [0.2, 0.25) is 0 Å². The molecule has 6 nitrogen and oxygen atoms in total. The van der Waals surface area contributed by atoms with Gasteiger partial charge in [0.25, 0.3) is 0 Å². The first kappa shape index (κ1) is 17.8. The van der Waals surface area contributed by atoms with Gasteiger partial charge in [-0.05, 0) is 63.3 Å². The van der Waals surface area contributed by atoms with E-state index in [2.05, 4.69) is 26.6 Å². The molecule has 0 spiro atoms. The van der Waals surface area contributed by atoms with Crippen LogP contribution >= 0.6 is 0 Å². The smallest absolute Gasteiger partial charge is 0.229 e. The second-order valence-corrected chi connectivity index (χ2v) is 7.56. The first-order chi connectivity index (χ1) is 13.2. The van der Waals surface area contributed by atoms with Crippen LogP contribution < -0.4 is 15.5 Å². The number of amides is 1. The third-order valence-corrected chi connectivity index (χ3v) is 5.41. The summed E-state index contributed by atoms with van der Waals surface area (Å²) >= 11 is 0. The molecule has 0 radical (unpaired) electrons. The quantitative estimate of drug-likeness (QED) is 0.828. The van der Waals surface area contributed by atoms with E-state index in [0.29, 0.717) is 5.95 Å². The predicted molar refractivity (Wildman–Crippen MR) is 109 cm³/mol. The van der Waals surface area contributed by atoms with Crippen molar-refractivity contribution in [1.29, 1.82) is 0 Å². The Kier molecular flexibility index (Phi) is 5.23. The largest absolute Gasteiger partial charge is 0.356 e. The number of carbonyl (C=O) groups excluding carboxylic acids is 1. The minimum absolute atomic E-state index is 0.134. The Hall–Kier alpha value is -2.63. The summed E-state index contributed by atoms with van der Waals surface area (Å²) in [5, 5.41) is 6.28. The molecule has 1 amide bonds. The maximum absolute atomic E-state index is 12.0. The van der Waals surface area contributed by atoms with Gasteiger partial charge in [0, 0.05) is 42.1 Å². The van der Waals surface area contributed by atoms with Crippen LogP contribution in [0.25, 0.3) is 0 Å². The van der Waals surface area contributed by atoms with Gasteiger partial charge >= 0.3 is 0 Å². The lowest BCUT2D eigenvalue weighted by atomic mass is 9.85. The van der Waals surface area contributed by atoms with Crippen molar-refractivity contribution >= 4 is 29.0 Å². The molecule has 0 bridgehead atoms. The van der Waals surface area contributed by atoms with Crippen LogP contribution in [-0.2, 0) is 4.79 Å². The first-order valence-corrected chi connectivity index (χ1v) is 9.96. The zero-order chi connectivity index (χ0) is 18.6. The van der Waals surface area contributed by atoms with Gasteiger partial charge in [-0.25, -0.2) is 4.98 Å². The Balaban J connectivity index is 1.42. The number of nitrogens with one attached hydrogen (secondary N) is 2. The van der Waals surface area contributed by atoms with Crippen LogP contribution in [0.5, 0.6) is 0 Å². The topological polar surface area (TPSA) is 70.2 Å². The summed E-state index contributed by atoms with van der Waals surface area (Å²) in [5.74, 6) is 1.93. The van der Waals surface area contributed by atoms with E-state index >= 15 is 0 Å². The molecule has 1 saturated carbocycles. The van der Waals surface area contributed by atoms with Crippen LogP contribution in [0.1, 0.15) is 44.2 Å². The maximum Gasteiger partial charge on any atom is 0.229 e.